The highest BCUT2D eigenvalue weighted by atomic mass is 79.9. The Hall–Kier alpha value is -1.34. The van der Waals surface area contributed by atoms with E-state index in [4.69, 9.17) is 10.4 Å². The van der Waals surface area contributed by atoms with Gasteiger partial charge in [0.15, 0.2) is 0 Å². The van der Waals surface area contributed by atoms with E-state index < -0.39 is 5.97 Å². The minimum absolute atomic E-state index is 0.119. The molecule has 4 heteroatoms. The summed E-state index contributed by atoms with van der Waals surface area (Å²) in [4.78, 5) is 11.1. The quantitative estimate of drug-likeness (QED) is 0.857. The first-order valence-electron chi connectivity index (χ1n) is 4.49. The van der Waals surface area contributed by atoms with E-state index in [0.717, 1.165) is 5.56 Å². The average molecular weight is 268 g/mol. The maximum absolute atomic E-state index is 11.1. The molecule has 1 aromatic carbocycles. The zero-order valence-corrected chi connectivity index (χ0v) is 9.84. The largest absolute Gasteiger partial charge is 0.478 e. The average Bonchev–Trinajstić information content (AvgIpc) is 2.26. The van der Waals surface area contributed by atoms with Crippen LogP contribution in [0.25, 0.3) is 0 Å². The fourth-order valence-corrected chi connectivity index (χ4v) is 1.93. The van der Waals surface area contributed by atoms with E-state index in [1.165, 1.54) is 0 Å². The first-order chi connectivity index (χ1) is 7.15. The summed E-state index contributed by atoms with van der Waals surface area (Å²) in [7, 11) is 0. The van der Waals surface area contributed by atoms with Gasteiger partial charge in [0.2, 0.25) is 0 Å². The molecule has 0 saturated carbocycles. The Morgan fingerprint density at radius 1 is 1.53 bits per heavy atom. The highest BCUT2D eigenvalue weighted by Gasteiger charge is 2.17. The van der Waals surface area contributed by atoms with Crippen LogP contribution in [-0.2, 0) is 11.8 Å². The van der Waals surface area contributed by atoms with Crippen LogP contribution in [0.4, 0.5) is 0 Å². The molecule has 0 radical (unpaired) electrons. The topological polar surface area (TPSA) is 61.1 Å². The van der Waals surface area contributed by atoms with E-state index >= 15 is 0 Å². The van der Waals surface area contributed by atoms with Crippen LogP contribution in [0.3, 0.4) is 0 Å². The molecule has 0 atom stereocenters. The van der Waals surface area contributed by atoms with Gasteiger partial charge >= 0.3 is 5.97 Å². The lowest BCUT2D eigenvalue weighted by Gasteiger charge is -2.08. The summed E-state index contributed by atoms with van der Waals surface area (Å²) in [6.45, 7) is 1.90. The smallest absolute Gasteiger partial charge is 0.337 e. The Morgan fingerprint density at radius 2 is 2.13 bits per heavy atom. The number of nitrogens with zero attached hydrogens (tertiary/aromatic N) is 1. The number of alkyl halides is 1. The van der Waals surface area contributed by atoms with Gasteiger partial charge in [-0.15, -0.1) is 0 Å². The van der Waals surface area contributed by atoms with Crippen LogP contribution in [0.2, 0.25) is 0 Å². The van der Waals surface area contributed by atoms with Gasteiger partial charge in [0.05, 0.1) is 11.1 Å². The van der Waals surface area contributed by atoms with E-state index in [1.54, 1.807) is 6.07 Å². The maximum Gasteiger partial charge on any atom is 0.337 e. The van der Waals surface area contributed by atoms with Crippen molar-refractivity contribution in [1.82, 2.24) is 0 Å². The third-order valence-electron chi connectivity index (χ3n) is 2.23. The Balaban J connectivity index is 3.53. The van der Waals surface area contributed by atoms with Gasteiger partial charge in [-0.05, 0) is 17.5 Å². The first-order valence-corrected chi connectivity index (χ1v) is 5.61. The molecule has 0 heterocycles. The predicted molar refractivity (Wildman–Crippen MR) is 60.1 cm³/mol. The second-order valence-electron chi connectivity index (χ2n) is 3.04. The number of carbonyl (C=O) groups is 1. The summed E-state index contributed by atoms with van der Waals surface area (Å²) < 4.78 is 0. The lowest BCUT2D eigenvalue weighted by Crippen LogP contribution is -2.07. The van der Waals surface area contributed by atoms with E-state index in [-0.39, 0.29) is 11.1 Å². The normalized spacial score (nSPS) is 9.67. The minimum Gasteiger partial charge on any atom is -0.478 e. The van der Waals surface area contributed by atoms with Gasteiger partial charge in [0.1, 0.15) is 6.07 Å². The van der Waals surface area contributed by atoms with Crippen molar-refractivity contribution in [3.05, 3.63) is 34.4 Å². The van der Waals surface area contributed by atoms with Crippen molar-refractivity contribution in [3.8, 4) is 6.07 Å². The van der Waals surface area contributed by atoms with Gasteiger partial charge in [-0.25, -0.2) is 4.79 Å². The summed E-state index contributed by atoms with van der Waals surface area (Å²) in [5.74, 6) is -1.05. The molecule has 0 spiro atoms. The molecule has 0 fully saturated rings. The second-order valence-corrected chi connectivity index (χ2v) is 3.60. The van der Waals surface area contributed by atoms with E-state index in [0.29, 0.717) is 17.3 Å². The van der Waals surface area contributed by atoms with Gasteiger partial charge in [0, 0.05) is 5.33 Å². The Bertz CT molecular complexity index is 435. The lowest BCUT2D eigenvalue weighted by atomic mass is 9.96. The number of hydrogen-bond donors (Lipinski definition) is 1. The van der Waals surface area contributed by atoms with Gasteiger partial charge < -0.3 is 5.11 Å². The van der Waals surface area contributed by atoms with Crippen LogP contribution in [0.5, 0.6) is 0 Å². The second kappa shape index (κ2) is 4.94. The summed E-state index contributed by atoms with van der Waals surface area (Å²) >= 11 is 3.21. The molecule has 15 heavy (non-hydrogen) atoms. The predicted octanol–water partition coefficient (Wildman–Crippen LogP) is 2.71. The number of aromatic carboxylic acids is 1. The number of aryl methyl sites for hydroxylation is 1. The number of carboxylic acid groups (broad SMARTS) is 1. The number of nitriles is 1. The van der Waals surface area contributed by atoms with Gasteiger partial charge in [-0.3, -0.25) is 0 Å². The van der Waals surface area contributed by atoms with Crippen molar-refractivity contribution in [3.63, 3.8) is 0 Å². The monoisotopic (exact) mass is 267 g/mol. The molecule has 0 aliphatic carbocycles. The molecule has 0 unspecified atom stereocenters. The zero-order valence-electron chi connectivity index (χ0n) is 8.25. The van der Waals surface area contributed by atoms with Crippen molar-refractivity contribution in [2.45, 2.75) is 18.7 Å². The van der Waals surface area contributed by atoms with Crippen molar-refractivity contribution < 1.29 is 9.90 Å². The third kappa shape index (κ3) is 2.18. The number of hydrogen-bond acceptors (Lipinski definition) is 2. The molecule has 0 aliphatic heterocycles. The van der Waals surface area contributed by atoms with Crippen LogP contribution in [-0.4, -0.2) is 11.1 Å². The van der Waals surface area contributed by atoms with Crippen LogP contribution < -0.4 is 0 Å². The SMILES string of the molecule is CCc1ccc(CBr)c(C(=O)O)c1C#N. The molecular formula is C11H10BrNO2. The summed E-state index contributed by atoms with van der Waals surface area (Å²) in [6.07, 6.45) is 0.658. The summed E-state index contributed by atoms with van der Waals surface area (Å²) in [6, 6.07) is 5.52. The van der Waals surface area contributed by atoms with Crippen molar-refractivity contribution >= 4 is 21.9 Å². The van der Waals surface area contributed by atoms with Crippen molar-refractivity contribution in [2.24, 2.45) is 0 Å². The molecular weight excluding hydrogens is 258 g/mol. The molecule has 0 saturated heterocycles. The molecule has 3 nitrogen and oxygen atoms in total. The van der Waals surface area contributed by atoms with Gasteiger partial charge in [0.25, 0.3) is 0 Å². The van der Waals surface area contributed by atoms with E-state index in [2.05, 4.69) is 15.9 Å². The van der Waals surface area contributed by atoms with Gasteiger partial charge in [-0.1, -0.05) is 35.0 Å². The third-order valence-corrected chi connectivity index (χ3v) is 2.83. The number of halogens is 1. The van der Waals surface area contributed by atoms with Crippen molar-refractivity contribution in [2.75, 3.05) is 0 Å². The standard InChI is InChI=1S/C11H10BrNO2/c1-2-7-3-4-8(5-12)10(11(14)15)9(7)6-13/h3-4H,2,5H2,1H3,(H,14,15). The van der Waals surface area contributed by atoms with E-state index in [9.17, 15) is 4.79 Å². The molecule has 0 aromatic heterocycles. The molecule has 0 amide bonds. The lowest BCUT2D eigenvalue weighted by molar-refractivity contribution is 0.0695. The molecule has 1 N–H and O–H groups in total. The van der Waals surface area contributed by atoms with E-state index in [1.807, 2.05) is 19.1 Å². The zero-order chi connectivity index (χ0) is 11.4. The fourth-order valence-electron chi connectivity index (χ4n) is 1.47. The maximum atomic E-state index is 11.1. The highest BCUT2D eigenvalue weighted by molar-refractivity contribution is 9.08. The summed E-state index contributed by atoms with van der Waals surface area (Å²) in [5, 5.41) is 18.5. The van der Waals surface area contributed by atoms with Crippen LogP contribution in [0.15, 0.2) is 12.1 Å². The molecule has 1 aromatic rings. The van der Waals surface area contributed by atoms with Crippen LogP contribution in [0, 0.1) is 11.3 Å². The number of rotatable bonds is 3. The fraction of sp³-hybridized carbons (Fsp3) is 0.273. The van der Waals surface area contributed by atoms with Crippen LogP contribution >= 0.6 is 15.9 Å². The first kappa shape index (κ1) is 11.7. The molecule has 0 bridgehead atoms. The highest BCUT2D eigenvalue weighted by Crippen LogP contribution is 2.21. The molecule has 78 valence electrons. The molecule has 1 rings (SSSR count). The molecule has 0 aliphatic rings. The Kier molecular flexibility index (Phi) is 3.87. The number of carboxylic acids is 1. The minimum atomic E-state index is -1.05. The van der Waals surface area contributed by atoms with Crippen molar-refractivity contribution in [1.29, 1.82) is 5.26 Å². The Labute approximate surface area is 96.5 Å². The number of benzene rings is 1. The van der Waals surface area contributed by atoms with Crippen LogP contribution in [0.1, 0.15) is 34.0 Å². The Morgan fingerprint density at radius 3 is 2.53 bits per heavy atom. The van der Waals surface area contributed by atoms with Gasteiger partial charge in [-0.2, -0.15) is 5.26 Å². The summed E-state index contributed by atoms with van der Waals surface area (Å²) in [5.41, 5.74) is 1.81.